The van der Waals surface area contributed by atoms with Crippen LogP contribution in [0.25, 0.3) is 0 Å². The number of carbonyl (C=O) groups is 1. The molecule has 5 nitrogen and oxygen atoms in total. The second kappa shape index (κ2) is 7.21. The Bertz CT molecular complexity index is 712. The average molecular weight is 366 g/mol. The van der Waals surface area contributed by atoms with Gasteiger partial charge in [0.1, 0.15) is 6.61 Å². The zero-order valence-electron chi connectivity index (χ0n) is 15.2. The number of rotatable bonds is 7. The molecular formula is C19H24F2N2O3. The number of hydrogen-bond acceptors (Lipinski definition) is 4. The monoisotopic (exact) mass is 366 g/mol. The normalized spacial score (nSPS) is 24.8. The lowest BCUT2D eigenvalue weighted by atomic mass is 10.1. The van der Waals surface area contributed by atoms with Gasteiger partial charge in [-0.15, -0.1) is 0 Å². The molecule has 3 rings (SSSR count). The molecule has 1 fully saturated rings. The van der Waals surface area contributed by atoms with Gasteiger partial charge in [0, 0.05) is 18.7 Å². The van der Waals surface area contributed by atoms with Crippen molar-refractivity contribution in [3.8, 4) is 5.75 Å². The van der Waals surface area contributed by atoms with Gasteiger partial charge in [-0.3, -0.25) is 9.80 Å². The standard InChI is InChI=1S/C19H24F2N2O3/c1-10(2)8-23-13(4-11(3)22-23)9-26-18-16(20)5-12(6-17(18)21)14-7-15(14)19(24)25/h5-6,10,13-15H,4,7-9H2,1-3H3,(H,24,25). The average Bonchev–Trinajstić information content (AvgIpc) is 3.26. The van der Waals surface area contributed by atoms with Gasteiger partial charge in [-0.05, 0) is 42.9 Å². The Labute approximate surface area is 151 Å². The summed E-state index contributed by atoms with van der Waals surface area (Å²) in [6.45, 7) is 7.00. The molecule has 0 radical (unpaired) electrons. The van der Waals surface area contributed by atoms with Gasteiger partial charge in [-0.1, -0.05) is 13.8 Å². The molecule has 1 saturated carbocycles. The number of aliphatic carboxylic acids is 1. The summed E-state index contributed by atoms with van der Waals surface area (Å²) in [5.41, 5.74) is 1.35. The molecule has 3 atom stereocenters. The van der Waals surface area contributed by atoms with Crippen LogP contribution in [0.2, 0.25) is 0 Å². The maximum Gasteiger partial charge on any atom is 0.307 e. The first-order chi connectivity index (χ1) is 12.3. The lowest BCUT2D eigenvalue weighted by Crippen LogP contribution is -2.35. The number of carboxylic acid groups (broad SMARTS) is 1. The van der Waals surface area contributed by atoms with Crippen molar-refractivity contribution in [3.05, 3.63) is 29.3 Å². The van der Waals surface area contributed by atoms with Gasteiger partial charge < -0.3 is 9.84 Å². The van der Waals surface area contributed by atoms with E-state index < -0.39 is 29.3 Å². The third kappa shape index (κ3) is 3.97. The number of carboxylic acids is 1. The molecule has 1 N–H and O–H groups in total. The van der Waals surface area contributed by atoms with Gasteiger partial charge in [0.05, 0.1) is 12.0 Å². The van der Waals surface area contributed by atoms with E-state index in [1.807, 2.05) is 11.9 Å². The summed E-state index contributed by atoms with van der Waals surface area (Å²) in [7, 11) is 0. The molecule has 1 aliphatic carbocycles. The number of nitrogens with zero attached hydrogens (tertiary/aromatic N) is 2. The second-order valence-electron chi connectivity index (χ2n) is 7.62. The van der Waals surface area contributed by atoms with Crippen molar-refractivity contribution < 1.29 is 23.4 Å². The van der Waals surface area contributed by atoms with Gasteiger partial charge in [-0.25, -0.2) is 8.78 Å². The molecule has 0 aromatic heterocycles. The SMILES string of the molecule is CC1=NN(CC(C)C)C(COc2c(F)cc(C3CC3C(=O)O)cc2F)C1. The molecular weight excluding hydrogens is 342 g/mol. The Hall–Kier alpha value is -2.18. The number of hydrogen-bond donors (Lipinski definition) is 1. The Morgan fingerprint density at radius 2 is 2.04 bits per heavy atom. The molecule has 1 aromatic rings. The Balaban J connectivity index is 1.66. The smallest absolute Gasteiger partial charge is 0.307 e. The molecule has 3 unspecified atom stereocenters. The lowest BCUT2D eigenvalue weighted by Gasteiger charge is -2.25. The first kappa shape index (κ1) is 18.6. The molecule has 2 aliphatic rings. The molecule has 26 heavy (non-hydrogen) atoms. The molecule has 7 heteroatoms. The van der Waals surface area contributed by atoms with Gasteiger partial charge in [0.25, 0.3) is 0 Å². The van der Waals surface area contributed by atoms with Crippen molar-refractivity contribution in [2.24, 2.45) is 16.9 Å². The minimum absolute atomic E-state index is 0.0456. The maximum atomic E-state index is 14.3. The van der Waals surface area contributed by atoms with Crippen LogP contribution in [-0.4, -0.2) is 41.0 Å². The Kier molecular flexibility index (Phi) is 5.16. The largest absolute Gasteiger partial charge is 0.485 e. The number of hydrazone groups is 1. The summed E-state index contributed by atoms with van der Waals surface area (Å²) in [6.07, 6.45) is 1.12. The van der Waals surface area contributed by atoms with Crippen LogP contribution in [0.4, 0.5) is 8.78 Å². The van der Waals surface area contributed by atoms with E-state index in [-0.39, 0.29) is 18.6 Å². The first-order valence-corrected chi connectivity index (χ1v) is 8.91. The van der Waals surface area contributed by atoms with Crippen LogP contribution in [0.5, 0.6) is 5.75 Å². The summed E-state index contributed by atoms with van der Waals surface area (Å²) in [5, 5.41) is 15.4. The molecule has 1 heterocycles. The van der Waals surface area contributed by atoms with Gasteiger partial charge >= 0.3 is 5.97 Å². The van der Waals surface area contributed by atoms with E-state index in [1.54, 1.807) is 0 Å². The minimum atomic E-state index is -0.932. The van der Waals surface area contributed by atoms with E-state index in [2.05, 4.69) is 18.9 Å². The van der Waals surface area contributed by atoms with Crippen molar-refractivity contribution >= 4 is 11.7 Å². The molecule has 1 aromatic carbocycles. The van der Waals surface area contributed by atoms with Crippen molar-refractivity contribution in [1.29, 1.82) is 0 Å². The highest BCUT2D eigenvalue weighted by atomic mass is 19.1. The first-order valence-electron chi connectivity index (χ1n) is 8.91. The van der Waals surface area contributed by atoms with E-state index in [0.717, 1.165) is 12.3 Å². The number of benzene rings is 1. The van der Waals surface area contributed by atoms with E-state index in [0.29, 0.717) is 24.3 Å². The van der Waals surface area contributed by atoms with Crippen LogP contribution >= 0.6 is 0 Å². The number of halogens is 2. The van der Waals surface area contributed by atoms with Gasteiger partial charge in [0.15, 0.2) is 17.4 Å². The van der Waals surface area contributed by atoms with Crippen molar-refractivity contribution in [1.82, 2.24) is 5.01 Å². The van der Waals surface area contributed by atoms with Crippen LogP contribution in [0.15, 0.2) is 17.2 Å². The predicted molar refractivity (Wildman–Crippen MR) is 93.4 cm³/mol. The lowest BCUT2D eigenvalue weighted by molar-refractivity contribution is -0.138. The van der Waals surface area contributed by atoms with Crippen LogP contribution in [0.1, 0.15) is 45.1 Å². The van der Waals surface area contributed by atoms with Crippen LogP contribution < -0.4 is 4.74 Å². The topological polar surface area (TPSA) is 62.1 Å². The van der Waals surface area contributed by atoms with Gasteiger partial charge in [0.2, 0.25) is 0 Å². The van der Waals surface area contributed by atoms with E-state index in [9.17, 15) is 13.6 Å². The van der Waals surface area contributed by atoms with E-state index in [1.165, 1.54) is 12.1 Å². The van der Waals surface area contributed by atoms with Crippen molar-refractivity contribution in [3.63, 3.8) is 0 Å². The van der Waals surface area contributed by atoms with Crippen molar-refractivity contribution in [2.75, 3.05) is 13.2 Å². The molecule has 0 bridgehead atoms. The highest BCUT2D eigenvalue weighted by molar-refractivity contribution is 5.83. The van der Waals surface area contributed by atoms with Crippen LogP contribution in [-0.2, 0) is 4.79 Å². The Morgan fingerprint density at radius 1 is 1.38 bits per heavy atom. The zero-order chi connectivity index (χ0) is 19.0. The molecule has 1 aliphatic heterocycles. The van der Waals surface area contributed by atoms with Crippen LogP contribution in [0.3, 0.4) is 0 Å². The zero-order valence-corrected chi connectivity index (χ0v) is 15.2. The summed E-state index contributed by atoms with van der Waals surface area (Å²) >= 11 is 0. The fraction of sp³-hybridized carbons (Fsp3) is 0.579. The molecule has 142 valence electrons. The Morgan fingerprint density at radius 3 is 2.58 bits per heavy atom. The van der Waals surface area contributed by atoms with Crippen molar-refractivity contribution in [2.45, 2.75) is 45.6 Å². The molecule has 0 amide bonds. The summed E-state index contributed by atoms with van der Waals surface area (Å²) in [5.74, 6) is -3.38. The maximum absolute atomic E-state index is 14.3. The third-order valence-corrected chi connectivity index (χ3v) is 4.78. The molecule has 0 spiro atoms. The summed E-state index contributed by atoms with van der Waals surface area (Å²) in [4.78, 5) is 10.9. The third-order valence-electron chi connectivity index (χ3n) is 4.78. The summed E-state index contributed by atoms with van der Waals surface area (Å²) in [6, 6.07) is 2.33. The second-order valence-corrected chi connectivity index (χ2v) is 7.62. The molecule has 0 saturated heterocycles. The highest BCUT2D eigenvalue weighted by Crippen LogP contribution is 2.48. The quantitative estimate of drug-likeness (QED) is 0.800. The van der Waals surface area contributed by atoms with Crippen LogP contribution in [0, 0.1) is 23.5 Å². The van der Waals surface area contributed by atoms with Gasteiger partial charge in [-0.2, -0.15) is 5.10 Å². The number of ether oxygens (including phenoxy) is 1. The summed E-state index contributed by atoms with van der Waals surface area (Å²) < 4.78 is 34.1. The fourth-order valence-corrected chi connectivity index (χ4v) is 3.44. The fourth-order valence-electron chi connectivity index (χ4n) is 3.44. The minimum Gasteiger partial charge on any atom is -0.485 e. The van der Waals surface area contributed by atoms with E-state index >= 15 is 0 Å². The van der Waals surface area contributed by atoms with E-state index in [4.69, 9.17) is 9.84 Å². The highest BCUT2D eigenvalue weighted by Gasteiger charge is 2.44. The predicted octanol–water partition coefficient (Wildman–Crippen LogP) is 3.64.